The largest absolute Gasteiger partial charge is 0.489 e. The van der Waals surface area contributed by atoms with Crippen LogP contribution in [0.15, 0.2) is 54.6 Å². The SMILES string of the molecule is O=C(NC1CCCC1)C1CCN(Cc2cccc(OCc3ccccc3)c2)CC1.O=C(O)C(=O)O. The normalized spacial score (nSPS) is 16.7. The van der Waals surface area contributed by atoms with Crippen LogP contribution in [-0.4, -0.2) is 52.1 Å². The Morgan fingerprint density at radius 2 is 1.49 bits per heavy atom. The molecular formula is C27H34N2O6. The van der Waals surface area contributed by atoms with Crippen molar-refractivity contribution in [1.29, 1.82) is 0 Å². The highest BCUT2D eigenvalue weighted by molar-refractivity contribution is 6.27. The van der Waals surface area contributed by atoms with Gasteiger partial charge in [-0.2, -0.15) is 0 Å². The number of likely N-dealkylation sites (tertiary alicyclic amines) is 1. The minimum atomic E-state index is -1.82. The lowest BCUT2D eigenvalue weighted by atomic mass is 9.95. The number of carbonyl (C=O) groups excluding carboxylic acids is 1. The van der Waals surface area contributed by atoms with Gasteiger partial charge in [0.1, 0.15) is 12.4 Å². The number of aliphatic carboxylic acids is 2. The van der Waals surface area contributed by atoms with Crippen LogP contribution < -0.4 is 10.1 Å². The summed E-state index contributed by atoms with van der Waals surface area (Å²) < 4.78 is 5.96. The maximum atomic E-state index is 12.5. The second-order valence-electron chi connectivity index (χ2n) is 9.07. The van der Waals surface area contributed by atoms with E-state index in [2.05, 4.69) is 40.5 Å². The Labute approximate surface area is 205 Å². The van der Waals surface area contributed by atoms with Crippen LogP contribution in [0.4, 0.5) is 0 Å². The van der Waals surface area contributed by atoms with Gasteiger partial charge in [0.25, 0.3) is 0 Å². The smallest absolute Gasteiger partial charge is 0.414 e. The Balaban J connectivity index is 0.000000509. The van der Waals surface area contributed by atoms with E-state index in [1.165, 1.54) is 24.0 Å². The van der Waals surface area contributed by atoms with Gasteiger partial charge in [0.05, 0.1) is 0 Å². The number of benzene rings is 2. The highest BCUT2D eigenvalue weighted by atomic mass is 16.5. The molecular weight excluding hydrogens is 448 g/mol. The van der Waals surface area contributed by atoms with Gasteiger partial charge >= 0.3 is 11.9 Å². The Morgan fingerprint density at radius 3 is 2.11 bits per heavy atom. The summed E-state index contributed by atoms with van der Waals surface area (Å²) in [6, 6.07) is 19.1. The summed E-state index contributed by atoms with van der Waals surface area (Å²) in [4.78, 5) is 33.2. The minimum absolute atomic E-state index is 0.187. The molecule has 0 aromatic heterocycles. The van der Waals surface area contributed by atoms with E-state index in [4.69, 9.17) is 24.5 Å². The first kappa shape index (κ1) is 26.2. The Hall–Kier alpha value is -3.39. The number of carbonyl (C=O) groups is 3. The zero-order chi connectivity index (χ0) is 25.0. The number of hydrogen-bond acceptors (Lipinski definition) is 5. The number of hydrogen-bond donors (Lipinski definition) is 3. The van der Waals surface area contributed by atoms with E-state index in [9.17, 15) is 4.79 Å². The van der Waals surface area contributed by atoms with Crippen molar-refractivity contribution in [2.24, 2.45) is 5.92 Å². The number of piperidine rings is 1. The molecule has 2 aliphatic rings. The highest BCUT2D eigenvalue weighted by Gasteiger charge is 2.27. The molecule has 4 rings (SSSR count). The van der Waals surface area contributed by atoms with Crippen LogP contribution in [0.25, 0.3) is 0 Å². The fraction of sp³-hybridized carbons (Fsp3) is 0.444. The molecule has 3 N–H and O–H groups in total. The van der Waals surface area contributed by atoms with Gasteiger partial charge in [-0.05, 0) is 62.0 Å². The molecule has 8 heteroatoms. The average molecular weight is 483 g/mol. The molecule has 1 aliphatic carbocycles. The summed E-state index contributed by atoms with van der Waals surface area (Å²) in [5.41, 5.74) is 2.44. The second kappa shape index (κ2) is 13.5. The fourth-order valence-corrected chi connectivity index (χ4v) is 4.48. The molecule has 188 valence electrons. The fourth-order valence-electron chi connectivity index (χ4n) is 4.48. The number of carboxylic acids is 2. The van der Waals surface area contributed by atoms with Crippen molar-refractivity contribution < 1.29 is 29.3 Å². The first-order valence-electron chi connectivity index (χ1n) is 12.2. The zero-order valence-corrected chi connectivity index (χ0v) is 19.9. The van der Waals surface area contributed by atoms with Crippen molar-refractivity contribution in [3.63, 3.8) is 0 Å². The van der Waals surface area contributed by atoms with Crippen LogP contribution in [0.1, 0.15) is 49.7 Å². The minimum Gasteiger partial charge on any atom is -0.489 e. The van der Waals surface area contributed by atoms with Crippen LogP contribution in [-0.2, 0) is 27.5 Å². The molecule has 8 nitrogen and oxygen atoms in total. The first-order valence-corrected chi connectivity index (χ1v) is 12.2. The monoisotopic (exact) mass is 482 g/mol. The quantitative estimate of drug-likeness (QED) is 0.516. The molecule has 2 aromatic carbocycles. The molecule has 1 amide bonds. The first-order chi connectivity index (χ1) is 16.9. The van der Waals surface area contributed by atoms with E-state index in [0.29, 0.717) is 12.6 Å². The maximum absolute atomic E-state index is 12.5. The van der Waals surface area contributed by atoms with E-state index < -0.39 is 11.9 Å². The van der Waals surface area contributed by atoms with Crippen LogP contribution in [0, 0.1) is 5.92 Å². The Kier molecular flexibility index (Phi) is 10.1. The number of carboxylic acid groups (broad SMARTS) is 2. The van der Waals surface area contributed by atoms with Gasteiger partial charge in [-0.15, -0.1) is 0 Å². The topological polar surface area (TPSA) is 116 Å². The van der Waals surface area contributed by atoms with E-state index in [-0.39, 0.29) is 11.8 Å². The molecule has 1 saturated carbocycles. The van der Waals surface area contributed by atoms with E-state index in [1.807, 2.05) is 24.3 Å². The molecule has 0 radical (unpaired) electrons. The number of amides is 1. The molecule has 0 bridgehead atoms. The summed E-state index contributed by atoms with van der Waals surface area (Å²) in [7, 11) is 0. The zero-order valence-electron chi connectivity index (χ0n) is 19.9. The summed E-state index contributed by atoms with van der Waals surface area (Å²) >= 11 is 0. The van der Waals surface area contributed by atoms with Crippen molar-refractivity contribution in [3.05, 3.63) is 65.7 Å². The van der Waals surface area contributed by atoms with Gasteiger partial charge in [-0.3, -0.25) is 9.69 Å². The predicted octanol–water partition coefficient (Wildman–Crippen LogP) is 3.69. The Morgan fingerprint density at radius 1 is 0.857 bits per heavy atom. The third-order valence-electron chi connectivity index (χ3n) is 6.40. The molecule has 0 spiro atoms. The summed E-state index contributed by atoms with van der Waals surface area (Å²) in [6.07, 6.45) is 6.76. The molecule has 0 atom stereocenters. The standard InChI is InChI=1S/C25H32N2O2.C2H2O4/c28-25(26-23-10-4-5-11-23)22-13-15-27(16-14-22)18-21-9-6-12-24(17-21)29-19-20-7-2-1-3-8-20;3-1(4)2(5)6/h1-3,6-9,12,17,22-23H,4-5,10-11,13-16,18-19H2,(H,26,28);(H,3,4)(H,5,6). The van der Waals surface area contributed by atoms with Crippen LogP contribution >= 0.6 is 0 Å². The van der Waals surface area contributed by atoms with E-state index in [1.54, 1.807) is 0 Å². The molecule has 2 fully saturated rings. The number of rotatable bonds is 7. The molecule has 1 saturated heterocycles. The summed E-state index contributed by atoms with van der Waals surface area (Å²) in [5.74, 6) is -2.26. The predicted molar refractivity (Wildman–Crippen MR) is 131 cm³/mol. The number of nitrogens with zero attached hydrogens (tertiary/aromatic N) is 1. The van der Waals surface area contributed by atoms with E-state index >= 15 is 0 Å². The van der Waals surface area contributed by atoms with Crippen molar-refractivity contribution >= 4 is 17.8 Å². The van der Waals surface area contributed by atoms with Crippen molar-refractivity contribution in [3.8, 4) is 5.75 Å². The van der Waals surface area contributed by atoms with Crippen LogP contribution in [0.5, 0.6) is 5.75 Å². The van der Waals surface area contributed by atoms with Gasteiger partial charge in [0, 0.05) is 18.5 Å². The van der Waals surface area contributed by atoms with E-state index in [0.717, 1.165) is 51.1 Å². The molecule has 0 unspecified atom stereocenters. The lowest BCUT2D eigenvalue weighted by Gasteiger charge is -2.32. The number of nitrogens with one attached hydrogen (secondary N) is 1. The van der Waals surface area contributed by atoms with Gasteiger partial charge in [0.2, 0.25) is 5.91 Å². The van der Waals surface area contributed by atoms with Crippen molar-refractivity contribution in [2.45, 2.75) is 57.7 Å². The van der Waals surface area contributed by atoms with Crippen LogP contribution in [0.3, 0.4) is 0 Å². The van der Waals surface area contributed by atoms with Gasteiger partial charge in [-0.1, -0.05) is 55.3 Å². The molecule has 1 heterocycles. The van der Waals surface area contributed by atoms with Gasteiger partial charge in [-0.25, -0.2) is 9.59 Å². The number of ether oxygens (including phenoxy) is 1. The average Bonchev–Trinajstić information content (AvgIpc) is 3.37. The van der Waals surface area contributed by atoms with Crippen LogP contribution in [0.2, 0.25) is 0 Å². The third-order valence-corrected chi connectivity index (χ3v) is 6.40. The van der Waals surface area contributed by atoms with Crippen molar-refractivity contribution in [2.75, 3.05) is 13.1 Å². The molecule has 2 aromatic rings. The van der Waals surface area contributed by atoms with Crippen molar-refractivity contribution in [1.82, 2.24) is 10.2 Å². The lowest BCUT2D eigenvalue weighted by Crippen LogP contribution is -2.42. The maximum Gasteiger partial charge on any atom is 0.414 e. The summed E-state index contributed by atoms with van der Waals surface area (Å²) in [6.45, 7) is 3.47. The molecule has 1 aliphatic heterocycles. The van der Waals surface area contributed by atoms with Gasteiger partial charge < -0.3 is 20.3 Å². The Bertz CT molecular complexity index is 955. The lowest BCUT2D eigenvalue weighted by molar-refractivity contribution is -0.159. The second-order valence-corrected chi connectivity index (χ2v) is 9.07. The molecule has 35 heavy (non-hydrogen) atoms. The van der Waals surface area contributed by atoms with Gasteiger partial charge in [0.15, 0.2) is 0 Å². The highest BCUT2D eigenvalue weighted by Crippen LogP contribution is 2.23. The summed E-state index contributed by atoms with van der Waals surface area (Å²) in [5, 5.41) is 18.1. The third kappa shape index (κ3) is 9.05.